The molecule has 2 aliphatic rings. The first-order valence-electron chi connectivity index (χ1n) is 16.0. The van der Waals surface area contributed by atoms with Gasteiger partial charge in [0.25, 0.3) is 5.91 Å². The average molecular weight is 629 g/mol. The summed E-state index contributed by atoms with van der Waals surface area (Å²) >= 11 is 0. The number of hydrogen-bond acceptors (Lipinski definition) is 7. The first-order valence-corrected chi connectivity index (χ1v) is 16.0. The Bertz CT molecular complexity index is 1240. The van der Waals surface area contributed by atoms with Crippen LogP contribution in [0.5, 0.6) is 0 Å². The van der Waals surface area contributed by atoms with E-state index in [0.29, 0.717) is 24.9 Å². The molecule has 0 radical (unpaired) electrons. The van der Waals surface area contributed by atoms with Crippen LogP contribution in [0.2, 0.25) is 0 Å². The lowest BCUT2D eigenvalue weighted by Crippen LogP contribution is -2.59. The van der Waals surface area contributed by atoms with E-state index in [9.17, 15) is 39.0 Å². The average Bonchev–Trinajstić information content (AvgIpc) is 3.60. The van der Waals surface area contributed by atoms with Gasteiger partial charge in [-0.3, -0.25) is 24.0 Å². The van der Waals surface area contributed by atoms with Gasteiger partial charge in [0.2, 0.25) is 23.5 Å². The Kier molecular flexibility index (Phi) is 12.7. The number of aliphatic hydroxyl groups is 1. The molecule has 12 nitrogen and oxygen atoms in total. The minimum Gasteiger partial charge on any atom is -0.480 e. The monoisotopic (exact) mass is 628 g/mol. The van der Waals surface area contributed by atoms with Crippen LogP contribution < -0.4 is 16.0 Å². The number of benzene rings is 1. The third-order valence-corrected chi connectivity index (χ3v) is 8.89. The van der Waals surface area contributed by atoms with Gasteiger partial charge in [-0.1, -0.05) is 77.8 Å². The van der Waals surface area contributed by atoms with Gasteiger partial charge in [0.15, 0.2) is 0 Å². The Hall–Kier alpha value is -3.80. The largest absolute Gasteiger partial charge is 0.480 e. The number of fused-ring (bicyclic) bond motifs is 1. The fourth-order valence-electron chi connectivity index (χ4n) is 6.35. The maximum Gasteiger partial charge on any atom is 0.326 e. The van der Waals surface area contributed by atoms with Crippen molar-refractivity contribution >= 4 is 35.4 Å². The number of Topliss-reactive ketones (excluding diaryl/α,β-unsaturated/α-hetero) is 1. The number of hydrogen-bond donors (Lipinski definition) is 5. The molecule has 2 fully saturated rings. The molecule has 0 unspecified atom stereocenters. The Morgan fingerprint density at radius 1 is 0.911 bits per heavy atom. The van der Waals surface area contributed by atoms with Crippen molar-refractivity contribution in [1.29, 1.82) is 0 Å². The van der Waals surface area contributed by atoms with Crippen LogP contribution in [0.25, 0.3) is 0 Å². The number of carbonyl (C=O) groups is 6. The second-order valence-electron chi connectivity index (χ2n) is 13.0. The topological polar surface area (TPSA) is 182 Å². The van der Waals surface area contributed by atoms with Gasteiger partial charge in [0.1, 0.15) is 24.2 Å². The Morgan fingerprint density at radius 3 is 2.16 bits per heavy atom. The highest BCUT2D eigenvalue weighted by molar-refractivity contribution is 6.38. The first-order chi connectivity index (χ1) is 21.3. The zero-order chi connectivity index (χ0) is 33.4. The Balaban J connectivity index is 1.78. The molecule has 0 spiro atoms. The molecule has 1 aliphatic heterocycles. The van der Waals surface area contributed by atoms with Crippen molar-refractivity contribution in [2.24, 2.45) is 23.7 Å². The van der Waals surface area contributed by atoms with E-state index < -0.39 is 65.7 Å². The first kappa shape index (κ1) is 35.7. The van der Waals surface area contributed by atoms with Crippen molar-refractivity contribution in [2.75, 3.05) is 6.54 Å². The van der Waals surface area contributed by atoms with Gasteiger partial charge in [-0.25, -0.2) is 4.79 Å². The van der Waals surface area contributed by atoms with Crippen LogP contribution in [0.1, 0.15) is 72.3 Å². The lowest BCUT2D eigenvalue weighted by atomic mass is 9.92. The van der Waals surface area contributed by atoms with E-state index >= 15 is 0 Å². The van der Waals surface area contributed by atoms with Crippen LogP contribution in [-0.4, -0.2) is 87.3 Å². The molecule has 1 aromatic carbocycles. The summed E-state index contributed by atoms with van der Waals surface area (Å²) in [5, 5.41) is 27.6. The minimum atomic E-state index is -1.35. The van der Waals surface area contributed by atoms with E-state index in [4.69, 9.17) is 0 Å². The third kappa shape index (κ3) is 8.90. The van der Waals surface area contributed by atoms with E-state index in [0.717, 1.165) is 12.8 Å². The van der Waals surface area contributed by atoms with Crippen LogP contribution in [0.15, 0.2) is 30.3 Å². The number of carboxylic acid groups (broad SMARTS) is 1. The summed E-state index contributed by atoms with van der Waals surface area (Å²) in [7, 11) is 0. The number of nitrogens with zero attached hydrogens (tertiary/aromatic N) is 1. The molecular weight excluding hydrogens is 580 g/mol. The van der Waals surface area contributed by atoms with Gasteiger partial charge in [-0.15, -0.1) is 0 Å². The molecule has 7 atom stereocenters. The Morgan fingerprint density at radius 2 is 1.58 bits per heavy atom. The van der Waals surface area contributed by atoms with Crippen molar-refractivity contribution in [3.63, 3.8) is 0 Å². The SMILES string of the molecule is CCC[C@@H](NC(=O)[C@@H]1[C@H]2CCC[C@H]2CN1C(=O)[C@@H](NC(=O)[C@@H](O)C(C)C)C(C)C)C(=O)C(=O)N[C@@H](Cc1ccccc1)C(=O)O. The molecule has 45 heavy (non-hydrogen) atoms. The molecule has 1 aromatic rings. The van der Waals surface area contributed by atoms with Gasteiger partial charge in [0.05, 0.1) is 6.04 Å². The number of carbonyl (C=O) groups excluding carboxylic acids is 5. The zero-order valence-electron chi connectivity index (χ0n) is 26.8. The van der Waals surface area contributed by atoms with Crippen molar-refractivity contribution < 1.29 is 39.0 Å². The van der Waals surface area contributed by atoms with E-state index in [1.54, 1.807) is 65.0 Å². The zero-order valence-corrected chi connectivity index (χ0v) is 26.8. The van der Waals surface area contributed by atoms with E-state index in [1.165, 1.54) is 4.90 Å². The van der Waals surface area contributed by atoms with Crippen LogP contribution in [0.4, 0.5) is 0 Å². The van der Waals surface area contributed by atoms with Gasteiger partial charge in [0, 0.05) is 13.0 Å². The fourth-order valence-corrected chi connectivity index (χ4v) is 6.35. The van der Waals surface area contributed by atoms with Crippen LogP contribution >= 0.6 is 0 Å². The summed E-state index contributed by atoms with van der Waals surface area (Å²) in [6.45, 7) is 9.04. The van der Waals surface area contributed by atoms with Crippen molar-refractivity contribution in [2.45, 2.75) is 103 Å². The highest BCUT2D eigenvalue weighted by atomic mass is 16.4. The normalized spacial score (nSPS) is 21.9. The summed E-state index contributed by atoms with van der Waals surface area (Å²) in [6.07, 6.45) is 1.71. The van der Waals surface area contributed by atoms with Crippen molar-refractivity contribution in [3.05, 3.63) is 35.9 Å². The van der Waals surface area contributed by atoms with Crippen molar-refractivity contribution in [1.82, 2.24) is 20.9 Å². The second kappa shape index (κ2) is 16.0. The standard InChI is InChI=1S/C33H48N4O8/c1-6-11-23(28(39)31(42)35-24(33(44)45)16-20-12-8-7-9-13-20)34-29(40)26-22-15-10-14-21(22)17-37(26)32(43)25(18(2)3)36-30(41)27(38)19(4)5/h7-9,12-13,18-19,21-27,38H,6,10-11,14-17H2,1-5H3,(H,34,40)(H,35,42)(H,36,41)(H,44,45)/t21-,22-,23+,24-,25-,26-,27-/m0/s1. The number of carboxylic acids is 1. The summed E-state index contributed by atoms with van der Waals surface area (Å²) in [6, 6.07) is 4.26. The number of rotatable bonds is 15. The fraction of sp³-hybridized carbons (Fsp3) is 0.636. The predicted molar refractivity (Wildman–Crippen MR) is 166 cm³/mol. The molecule has 3 rings (SSSR count). The lowest BCUT2D eigenvalue weighted by Gasteiger charge is -2.33. The highest BCUT2D eigenvalue weighted by Crippen LogP contribution is 2.42. The van der Waals surface area contributed by atoms with Gasteiger partial charge < -0.3 is 31.1 Å². The molecule has 248 valence electrons. The highest BCUT2D eigenvalue weighted by Gasteiger charge is 2.51. The summed E-state index contributed by atoms with van der Waals surface area (Å²) in [4.78, 5) is 80.1. The molecule has 4 amide bonds. The third-order valence-electron chi connectivity index (χ3n) is 8.89. The molecule has 1 saturated heterocycles. The lowest BCUT2D eigenvalue weighted by molar-refractivity contribution is -0.146. The van der Waals surface area contributed by atoms with E-state index in [-0.39, 0.29) is 36.5 Å². The second-order valence-corrected chi connectivity index (χ2v) is 13.0. The van der Waals surface area contributed by atoms with Gasteiger partial charge >= 0.3 is 5.97 Å². The number of likely N-dealkylation sites (tertiary alicyclic amines) is 1. The number of aliphatic hydroxyl groups excluding tert-OH is 1. The van der Waals surface area contributed by atoms with E-state index in [1.807, 2.05) is 0 Å². The van der Waals surface area contributed by atoms with E-state index in [2.05, 4.69) is 16.0 Å². The van der Waals surface area contributed by atoms with Crippen LogP contribution in [0, 0.1) is 23.7 Å². The van der Waals surface area contributed by atoms with Crippen molar-refractivity contribution in [3.8, 4) is 0 Å². The number of nitrogens with one attached hydrogen (secondary N) is 3. The summed E-state index contributed by atoms with van der Waals surface area (Å²) in [5.74, 6) is -5.79. The van der Waals surface area contributed by atoms with Crippen LogP contribution in [0.3, 0.4) is 0 Å². The van der Waals surface area contributed by atoms with Gasteiger partial charge in [-0.2, -0.15) is 0 Å². The van der Waals surface area contributed by atoms with Crippen LogP contribution in [-0.2, 0) is 35.2 Å². The minimum absolute atomic E-state index is 0.0238. The maximum atomic E-state index is 13.9. The quantitative estimate of drug-likeness (QED) is 0.181. The number of ketones is 1. The molecule has 1 heterocycles. The molecular formula is C33H48N4O8. The molecule has 5 N–H and O–H groups in total. The summed E-state index contributed by atoms with van der Waals surface area (Å²) < 4.78 is 0. The van der Waals surface area contributed by atoms with Gasteiger partial charge in [-0.05, 0) is 48.5 Å². The molecule has 1 aliphatic carbocycles. The molecule has 1 saturated carbocycles. The summed E-state index contributed by atoms with van der Waals surface area (Å²) in [5.41, 5.74) is 0.669. The smallest absolute Gasteiger partial charge is 0.326 e. The Labute approximate surface area is 264 Å². The number of aliphatic carboxylic acids is 1. The molecule has 0 bridgehead atoms. The maximum absolute atomic E-state index is 13.9. The molecule has 12 heteroatoms. The molecule has 0 aromatic heterocycles. The number of amides is 4. The predicted octanol–water partition coefficient (Wildman–Crippen LogP) is 1.44.